The standard InChI is InChI=1S/C83H131N17O26S5/c84-61-18-28-99(29-19-61)80-95-79(96-81(97-80)100-30-20-62(21-31-100)89-78(106)60-53-66(124-36-9-47-129(109,110)111)74(126-38-11-49-131(115,116)117)67(54-60)125-37-10-48-130(112,113)114)98-26-16-57(17-27-98)77(105)90-63-51-58(75(103)87-24-7-34-120-41-45-122-43-39-118-32-5-22-85-70(101)14-3-1-12-68-72-64(55-127-68)91-82(107)93-72)50-59(52-63)76(104)88-25-8-35-121-42-46-123-44-40-119-33-6-23-86-71(102)15-4-2-13-69-73-65(56-128-69)92-83(108)94-73/h50-54,57,61-62,64-65,68-69,72-73H,1-49,55-56,84H2,(H,85,101)(H,86,102)(H,87,103)(H,88,104)(H,89,106)(H,90,105)(H2,91,93,107)(H2,92,94,108)(H,109,110,111)(H,112,113,114)(H,115,116,117). The third kappa shape index (κ3) is 38.2. The second kappa shape index (κ2) is 54.9. The smallest absolute Gasteiger partial charge is 0.315 e. The van der Waals surface area contributed by atoms with Gasteiger partial charge in [0.05, 0.1) is 114 Å². The molecule has 8 heterocycles. The number of hydrogen-bond donors (Lipinski definition) is 14. The second-order valence-electron chi connectivity index (χ2n) is 33.1. The normalized spacial score (nSPS) is 19.6. The van der Waals surface area contributed by atoms with Crippen molar-refractivity contribution in [3.05, 3.63) is 47.0 Å². The lowest BCUT2D eigenvalue weighted by Crippen LogP contribution is -2.46. The van der Waals surface area contributed by atoms with Crippen LogP contribution in [0.1, 0.15) is 166 Å². The van der Waals surface area contributed by atoms with Crippen LogP contribution in [0.25, 0.3) is 0 Å². The van der Waals surface area contributed by atoms with Crippen LogP contribution in [-0.4, -0.2) is 341 Å². The van der Waals surface area contributed by atoms with Crippen molar-refractivity contribution in [1.82, 2.24) is 62.8 Å². The van der Waals surface area contributed by atoms with Crippen LogP contribution in [-0.2, 0) is 73.2 Å². The molecule has 0 saturated carbocycles. The Hall–Kier alpha value is -8.24. The summed E-state index contributed by atoms with van der Waals surface area (Å²) in [5, 5.41) is 30.4. The molecule has 48 heteroatoms. The lowest BCUT2D eigenvalue weighted by Gasteiger charge is -2.36. The fourth-order valence-electron chi connectivity index (χ4n) is 15.8. The Kier molecular flexibility index (Phi) is 44.0. The van der Waals surface area contributed by atoms with Gasteiger partial charge in [-0.05, 0) is 139 Å². The summed E-state index contributed by atoms with van der Waals surface area (Å²) in [5.74, 6) is -1.78. The third-order valence-electron chi connectivity index (χ3n) is 22.8. The summed E-state index contributed by atoms with van der Waals surface area (Å²) >= 11 is 3.74. The molecule has 6 atom stereocenters. The zero-order chi connectivity index (χ0) is 93.4. The number of aromatic nitrogens is 3. The van der Waals surface area contributed by atoms with E-state index in [2.05, 4.69) is 58.1 Å². The number of hydrogen-bond acceptors (Lipinski definition) is 32. The monoisotopic (exact) mass is 1940 g/mol. The highest BCUT2D eigenvalue weighted by Crippen LogP contribution is 2.41. The summed E-state index contributed by atoms with van der Waals surface area (Å²) in [4.78, 5) is 126. The van der Waals surface area contributed by atoms with E-state index >= 15 is 0 Å². The van der Waals surface area contributed by atoms with Crippen LogP contribution in [0.4, 0.5) is 33.1 Å². The third-order valence-corrected chi connectivity index (χ3v) is 28.3. The van der Waals surface area contributed by atoms with Crippen molar-refractivity contribution in [2.75, 3.05) is 213 Å². The number of thioether (sulfide) groups is 2. The van der Waals surface area contributed by atoms with Crippen LogP contribution in [0.3, 0.4) is 0 Å². The molecule has 131 heavy (non-hydrogen) atoms. The van der Waals surface area contributed by atoms with Gasteiger partial charge in [0.25, 0.3) is 48.1 Å². The topological polar surface area (TPSA) is 577 Å². The molecular formula is C83H131N17O26S5. The van der Waals surface area contributed by atoms with Gasteiger partial charge in [-0.15, -0.1) is 0 Å². The number of ether oxygens (including phenoxy) is 9. The van der Waals surface area contributed by atoms with Gasteiger partial charge in [0.2, 0.25) is 41.3 Å². The highest BCUT2D eigenvalue weighted by Gasteiger charge is 2.44. The van der Waals surface area contributed by atoms with E-state index in [0.29, 0.717) is 237 Å². The number of nitrogens with two attached hydrogens (primary N) is 1. The van der Waals surface area contributed by atoms with E-state index in [1.54, 1.807) is 0 Å². The van der Waals surface area contributed by atoms with Gasteiger partial charge in [0, 0.05) is 167 Å². The Labute approximate surface area is 774 Å². The Morgan fingerprint density at radius 3 is 1.20 bits per heavy atom. The molecule has 10 rings (SSSR count). The van der Waals surface area contributed by atoms with Gasteiger partial charge in [-0.25, -0.2) is 9.59 Å². The maximum Gasteiger partial charge on any atom is 0.315 e. The molecule has 0 spiro atoms. The minimum atomic E-state index is -4.39. The largest absolute Gasteiger partial charge is 0.489 e. The molecule has 6 unspecified atom stereocenters. The predicted octanol–water partition coefficient (Wildman–Crippen LogP) is 2.83. The molecule has 10 amide bonds. The second-order valence-corrected chi connectivity index (χ2v) is 40.4. The van der Waals surface area contributed by atoms with Gasteiger partial charge in [-0.3, -0.25) is 42.4 Å². The first-order valence-electron chi connectivity index (χ1n) is 45.4. The van der Waals surface area contributed by atoms with E-state index in [1.165, 1.54) is 30.3 Å². The number of piperidine rings is 3. The van der Waals surface area contributed by atoms with E-state index in [0.717, 1.165) is 50.0 Å². The van der Waals surface area contributed by atoms with E-state index in [1.807, 2.05) is 33.3 Å². The maximum atomic E-state index is 14.4. The summed E-state index contributed by atoms with van der Waals surface area (Å²) in [7, 11) is -13.2. The van der Waals surface area contributed by atoms with Crippen LogP contribution < -0.4 is 87.8 Å². The van der Waals surface area contributed by atoms with Crippen molar-refractivity contribution in [2.45, 2.75) is 182 Å². The molecule has 734 valence electrons. The van der Waals surface area contributed by atoms with Crippen molar-refractivity contribution in [3.63, 3.8) is 0 Å². The molecule has 43 nitrogen and oxygen atoms in total. The van der Waals surface area contributed by atoms with Crippen LogP contribution in [0, 0.1) is 5.92 Å². The molecule has 3 aromatic rings. The molecular weight excluding hydrogens is 1810 g/mol. The van der Waals surface area contributed by atoms with Crippen LogP contribution in [0.5, 0.6) is 17.2 Å². The molecule has 7 saturated heterocycles. The first kappa shape index (κ1) is 105. The number of benzene rings is 2. The van der Waals surface area contributed by atoms with E-state index in [4.69, 9.17) is 63.3 Å². The number of fused-ring (bicyclic) bond motifs is 2. The van der Waals surface area contributed by atoms with Crippen molar-refractivity contribution >= 4 is 125 Å². The number of amides is 10. The average molecular weight is 1940 g/mol. The molecule has 0 aliphatic carbocycles. The van der Waals surface area contributed by atoms with E-state index in [9.17, 15) is 77.3 Å². The van der Waals surface area contributed by atoms with Gasteiger partial charge < -0.3 is 116 Å². The van der Waals surface area contributed by atoms with Crippen molar-refractivity contribution in [1.29, 1.82) is 0 Å². The maximum absolute atomic E-state index is 14.4. The van der Waals surface area contributed by atoms with Crippen molar-refractivity contribution in [2.24, 2.45) is 11.7 Å². The molecule has 7 aliphatic rings. The summed E-state index contributed by atoms with van der Waals surface area (Å²) in [6.07, 6.45) is 10.9. The number of carbonyl (C=O) groups excluding carboxylic acids is 8. The van der Waals surface area contributed by atoms with Gasteiger partial charge >= 0.3 is 12.1 Å². The van der Waals surface area contributed by atoms with E-state index in [-0.39, 0.29) is 152 Å². The molecule has 0 radical (unpaired) electrons. The Balaban J connectivity index is 0.670. The van der Waals surface area contributed by atoms with Gasteiger partial charge in [0.15, 0.2) is 11.5 Å². The van der Waals surface area contributed by atoms with Gasteiger partial charge in [0.1, 0.15) is 0 Å². The summed E-state index contributed by atoms with van der Waals surface area (Å²) < 4.78 is 149. The number of unbranched alkanes of at least 4 members (excludes halogenated alkanes) is 2. The van der Waals surface area contributed by atoms with Crippen molar-refractivity contribution < 1.29 is 120 Å². The molecule has 0 bridgehead atoms. The summed E-state index contributed by atoms with van der Waals surface area (Å²) in [6, 6.07) is 7.23. The fourth-order valence-corrected chi connectivity index (χ4v) is 20.3. The van der Waals surface area contributed by atoms with Crippen molar-refractivity contribution in [3.8, 4) is 17.2 Å². The molecule has 7 fully saturated rings. The zero-order valence-electron chi connectivity index (χ0n) is 74.2. The summed E-state index contributed by atoms with van der Waals surface area (Å²) in [5.41, 5.74) is 6.84. The Morgan fingerprint density at radius 1 is 0.427 bits per heavy atom. The molecule has 7 aliphatic heterocycles. The molecule has 2 aromatic carbocycles. The Morgan fingerprint density at radius 2 is 0.794 bits per heavy atom. The summed E-state index contributed by atoms with van der Waals surface area (Å²) in [6.45, 7) is 7.58. The first-order chi connectivity index (χ1) is 63.0. The minimum Gasteiger partial charge on any atom is -0.489 e. The van der Waals surface area contributed by atoms with E-state index < -0.39 is 77.3 Å². The van der Waals surface area contributed by atoms with Crippen LogP contribution in [0.2, 0.25) is 0 Å². The lowest BCUT2D eigenvalue weighted by atomic mass is 9.96. The highest BCUT2D eigenvalue weighted by molar-refractivity contribution is 8.00. The van der Waals surface area contributed by atoms with Crippen LogP contribution >= 0.6 is 23.5 Å². The minimum absolute atomic E-state index is 0.00236. The van der Waals surface area contributed by atoms with Crippen LogP contribution in [0.15, 0.2) is 30.3 Å². The quantitative estimate of drug-likeness (QED) is 0.0219. The lowest BCUT2D eigenvalue weighted by molar-refractivity contribution is -0.122. The zero-order valence-corrected chi connectivity index (χ0v) is 78.3. The molecule has 1 aromatic heterocycles. The van der Waals surface area contributed by atoms with Gasteiger partial charge in [-0.1, -0.05) is 12.8 Å². The van der Waals surface area contributed by atoms with Gasteiger partial charge in [-0.2, -0.15) is 63.7 Å². The number of carbonyl (C=O) groups is 8. The fraction of sp³-hybridized carbons (Fsp3) is 0.723. The number of rotatable bonds is 62. The Bertz CT molecular complexity index is 4340. The molecule has 15 N–H and O–H groups in total. The number of nitrogens with zero attached hydrogens (tertiary/aromatic N) is 6. The number of anilines is 4. The number of nitrogens with one attached hydrogen (secondary N) is 10. The highest BCUT2D eigenvalue weighted by atomic mass is 32.2. The predicted molar refractivity (Wildman–Crippen MR) is 490 cm³/mol. The number of urea groups is 2. The average Bonchev–Trinajstić information content (AvgIpc) is 1.55. The SMILES string of the molecule is NC1CCN(c2nc(N3CCC(NC(=O)c4cc(OCCCS(=O)(=O)O)c(OCCCS(=O)(=O)O)c(OCCCS(=O)(=O)O)c4)CC3)nc(N3CCC(C(=O)Nc4cc(C(=O)NCCCOCCOCCOCCCNC(=O)CCCCC5SCC6NC(=O)NC65)cc(C(=O)NCCCOCCOCCOCCCNC(=O)CCCCC5SCC6NC(=O)NC65)c4)CC3)n2)CC1. The first-order valence-corrected chi connectivity index (χ1v) is 52.4.